The van der Waals surface area contributed by atoms with Crippen molar-refractivity contribution in [3.63, 3.8) is 0 Å². The molecule has 3 fully saturated rings. The lowest BCUT2D eigenvalue weighted by Crippen LogP contribution is -2.38. The van der Waals surface area contributed by atoms with Crippen molar-refractivity contribution in [3.05, 3.63) is 29.3 Å². The normalized spacial score (nSPS) is 29.7. The third kappa shape index (κ3) is 4.09. The Hall–Kier alpha value is -0.750. The lowest BCUT2D eigenvalue weighted by molar-refractivity contribution is 0.355. The Labute approximate surface area is 173 Å². The number of hydrogen-bond acceptors (Lipinski definition) is 4. The molecule has 0 radical (unpaired) electrons. The number of hydrogen-bond donors (Lipinski definition) is 2. The second-order valence-corrected chi connectivity index (χ2v) is 11.0. The maximum atomic E-state index is 13.1. The van der Waals surface area contributed by atoms with Crippen LogP contribution in [-0.4, -0.2) is 42.0 Å². The van der Waals surface area contributed by atoms with Crippen molar-refractivity contribution in [3.8, 4) is 0 Å². The molecule has 154 valence electrons. The van der Waals surface area contributed by atoms with E-state index in [-0.39, 0.29) is 0 Å². The lowest BCUT2D eigenvalue weighted by atomic mass is 9.98. The molecule has 4 aliphatic rings. The van der Waals surface area contributed by atoms with Gasteiger partial charge in [0.2, 0.25) is 0 Å². The van der Waals surface area contributed by atoms with E-state index in [0.717, 1.165) is 31.7 Å². The number of nitrogens with zero attached hydrogens (tertiary/aromatic N) is 1. The average molecular weight is 402 g/mol. The second-order valence-electron chi connectivity index (χ2n) is 9.33. The Kier molecular flexibility index (Phi) is 5.87. The second kappa shape index (κ2) is 8.55. The van der Waals surface area contributed by atoms with Gasteiger partial charge in [-0.25, -0.2) is 0 Å². The number of fused-ring (bicyclic) bond motifs is 1. The van der Waals surface area contributed by atoms with Gasteiger partial charge in [0, 0.05) is 12.0 Å². The molecule has 2 aliphatic heterocycles. The first-order valence-corrected chi connectivity index (χ1v) is 12.7. The first-order chi connectivity index (χ1) is 13.8. The van der Waals surface area contributed by atoms with E-state index in [4.69, 9.17) is 0 Å². The van der Waals surface area contributed by atoms with Crippen LogP contribution >= 0.6 is 0 Å². The fourth-order valence-corrected chi connectivity index (χ4v) is 7.19. The Morgan fingerprint density at radius 2 is 1.93 bits per heavy atom. The van der Waals surface area contributed by atoms with E-state index in [1.165, 1.54) is 75.0 Å². The Morgan fingerprint density at radius 3 is 2.75 bits per heavy atom. The average Bonchev–Trinajstić information content (AvgIpc) is 3.42. The molecule has 1 aromatic rings. The summed E-state index contributed by atoms with van der Waals surface area (Å²) in [6.45, 7) is 4.49. The first kappa shape index (κ1) is 19.2. The molecule has 4 nitrogen and oxygen atoms in total. The summed E-state index contributed by atoms with van der Waals surface area (Å²) in [7, 11) is 0. The van der Waals surface area contributed by atoms with Crippen LogP contribution in [0, 0.1) is 5.92 Å². The van der Waals surface area contributed by atoms with Crippen LogP contribution in [0.1, 0.15) is 68.4 Å². The van der Waals surface area contributed by atoms with E-state index < -0.39 is 11.4 Å². The zero-order chi connectivity index (χ0) is 18.9. The molecule has 3 unspecified atom stereocenters. The molecule has 0 spiro atoms. The van der Waals surface area contributed by atoms with Crippen molar-refractivity contribution in [2.45, 2.75) is 75.0 Å². The van der Waals surface area contributed by atoms with Gasteiger partial charge in [0.05, 0.1) is 23.6 Å². The minimum Gasteiger partial charge on any atom is -0.593 e. The molecule has 1 aromatic carbocycles. The molecule has 1 saturated heterocycles. The van der Waals surface area contributed by atoms with Gasteiger partial charge < -0.3 is 15.2 Å². The van der Waals surface area contributed by atoms with Crippen molar-refractivity contribution < 1.29 is 4.55 Å². The van der Waals surface area contributed by atoms with E-state index in [0.29, 0.717) is 17.2 Å². The molecule has 0 bridgehead atoms. The van der Waals surface area contributed by atoms with E-state index >= 15 is 0 Å². The lowest BCUT2D eigenvalue weighted by Gasteiger charge is -2.30. The number of anilines is 1. The van der Waals surface area contributed by atoms with Crippen LogP contribution < -0.4 is 14.9 Å². The van der Waals surface area contributed by atoms with Crippen molar-refractivity contribution >= 4 is 17.0 Å². The summed E-state index contributed by atoms with van der Waals surface area (Å²) < 4.78 is 15.3. The van der Waals surface area contributed by atoms with Crippen molar-refractivity contribution in [2.24, 2.45) is 5.92 Å². The van der Waals surface area contributed by atoms with Gasteiger partial charge in [0.15, 0.2) is 0 Å². The first-order valence-electron chi connectivity index (χ1n) is 11.5. The third-order valence-corrected chi connectivity index (χ3v) is 9.21. The predicted molar refractivity (Wildman–Crippen MR) is 117 cm³/mol. The molecule has 2 N–H and O–H groups in total. The molecular weight excluding hydrogens is 366 g/mol. The highest BCUT2D eigenvalue weighted by Gasteiger charge is 2.40. The monoisotopic (exact) mass is 401 g/mol. The SMILES string of the molecule is [O-][S+](C1CCCCC1)N1CCc2cc(C3CC3NCC3CCNCC3)ccc21. The van der Waals surface area contributed by atoms with E-state index in [1.807, 2.05) is 0 Å². The Bertz CT molecular complexity index is 672. The van der Waals surface area contributed by atoms with E-state index in [9.17, 15) is 4.55 Å². The van der Waals surface area contributed by atoms with Crippen molar-refractivity contribution in [1.29, 1.82) is 0 Å². The summed E-state index contributed by atoms with van der Waals surface area (Å²) in [5.41, 5.74) is 4.16. The van der Waals surface area contributed by atoms with Crippen LogP contribution in [-0.2, 0) is 17.8 Å². The number of benzene rings is 1. The van der Waals surface area contributed by atoms with Crippen LogP contribution in [0.3, 0.4) is 0 Å². The van der Waals surface area contributed by atoms with Gasteiger partial charge in [-0.15, -0.1) is 0 Å². The summed E-state index contributed by atoms with van der Waals surface area (Å²) in [4.78, 5) is 0. The zero-order valence-electron chi connectivity index (χ0n) is 17.0. The molecule has 28 heavy (non-hydrogen) atoms. The summed E-state index contributed by atoms with van der Waals surface area (Å²) in [6.07, 6.45) is 11.1. The molecule has 2 heterocycles. The highest BCUT2D eigenvalue weighted by atomic mass is 32.2. The minimum absolute atomic E-state index is 0.381. The largest absolute Gasteiger partial charge is 0.593 e. The van der Waals surface area contributed by atoms with Gasteiger partial charge >= 0.3 is 0 Å². The molecule has 3 atom stereocenters. The quantitative estimate of drug-likeness (QED) is 0.717. The fraction of sp³-hybridized carbons (Fsp3) is 0.739. The van der Waals surface area contributed by atoms with Crippen LogP contribution in [0.5, 0.6) is 0 Å². The zero-order valence-corrected chi connectivity index (χ0v) is 17.8. The fourth-order valence-electron chi connectivity index (χ4n) is 5.45. The number of nitrogens with one attached hydrogen (secondary N) is 2. The van der Waals surface area contributed by atoms with E-state index in [2.05, 4.69) is 33.1 Å². The van der Waals surface area contributed by atoms with E-state index in [1.54, 1.807) is 0 Å². The summed E-state index contributed by atoms with van der Waals surface area (Å²) in [6, 6.07) is 7.67. The molecular formula is C23H35N3OS. The molecule has 2 saturated carbocycles. The Balaban J connectivity index is 1.18. The maximum Gasteiger partial charge on any atom is 0.141 e. The standard InChI is InChI=1S/C23H35N3OS/c27-28(20-4-2-1-3-5-20)26-13-10-19-14-18(6-7-23(19)26)21-15-22(21)25-16-17-8-11-24-12-9-17/h6-7,14,17,20-22,24-25H,1-5,8-13,15-16H2. The van der Waals surface area contributed by atoms with Crippen molar-refractivity contribution in [2.75, 3.05) is 30.5 Å². The van der Waals surface area contributed by atoms with Gasteiger partial charge in [-0.3, -0.25) is 0 Å². The molecule has 5 heteroatoms. The molecule has 0 amide bonds. The van der Waals surface area contributed by atoms with Crippen LogP contribution in [0.4, 0.5) is 5.69 Å². The maximum absolute atomic E-state index is 13.1. The molecule has 5 rings (SSSR count). The topological polar surface area (TPSA) is 50.4 Å². The van der Waals surface area contributed by atoms with Crippen molar-refractivity contribution in [1.82, 2.24) is 10.6 Å². The predicted octanol–water partition coefficient (Wildman–Crippen LogP) is 3.49. The minimum atomic E-state index is -0.842. The van der Waals surface area contributed by atoms with Gasteiger partial charge in [-0.1, -0.05) is 18.6 Å². The van der Waals surface area contributed by atoms with Gasteiger partial charge in [-0.05, 0) is 94.1 Å². The van der Waals surface area contributed by atoms with Gasteiger partial charge in [0.25, 0.3) is 0 Å². The molecule has 2 aliphatic carbocycles. The van der Waals surface area contributed by atoms with Gasteiger partial charge in [-0.2, -0.15) is 4.31 Å². The highest BCUT2D eigenvalue weighted by Crippen LogP contribution is 2.44. The third-order valence-electron chi connectivity index (χ3n) is 7.36. The van der Waals surface area contributed by atoms with Gasteiger partial charge in [0.1, 0.15) is 5.25 Å². The summed E-state index contributed by atoms with van der Waals surface area (Å²) >= 11 is -0.842. The number of piperidine rings is 1. The smallest absolute Gasteiger partial charge is 0.141 e. The summed E-state index contributed by atoms with van der Waals surface area (Å²) in [5, 5.41) is 7.66. The van der Waals surface area contributed by atoms with Crippen LogP contribution in [0.15, 0.2) is 18.2 Å². The highest BCUT2D eigenvalue weighted by molar-refractivity contribution is 7.93. The Morgan fingerprint density at radius 1 is 1.11 bits per heavy atom. The molecule has 0 aromatic heterocycles. The summed E-state index contributed by atoms with van der Waals surface area (Å²) in [5.74, 6) is 1.54. The number of rotatable bonds is 6. The van der Waals surface area contributed by atoms with Crippen LogP contribution in [0.25, 0.3) is 0 Å². The van der Waals surface area contributed by atoms with Crippen LogP contribution in [0.2, 0.25) is 0 Å².